The molecule has 4 heterocycles. The van der Waals surface area contributed by atoms with Gasteiger partial charge in [0.05, 0.1) is 24.1 Å². The van der Waals surface area contributed by atoms with Crippen molar-refractivity contribution >= 4 is 5.82 Å². The van der Waals surface area contributed by atoms with Crippen LogP contribution in [0.25, 0.3) is 22.4 Å². The molecule has 34 heavy (non-hydrogen) atoms. The molecular formula is C25H27F2N5O2. The summed E-state index contributed by atoms with van der Waals surface area (Å²) in [6.45, 7) is 0. The van der Waals surface area contributed by atoms with Crippen LogP contribution in [-0.4, -0.2) is 51.0 Å². The number of pyridine rings is 1. The van der Waals surface area contributed by atoms with Crippen molar-refractivity contribution in [1.29, 1.82) is 0 Å². The maximum Gasteiger partial charge on any atom is 0.250 e. The SMILES string of the molecule is CN(c1cnc(-c2cc(F)c(-c3ccn(C)c(=O)c3)cc2O)cn1)[C@H]1C[C@@H]2CCC[C@@H](N2)[C@H]1F. The molecule has 0 spiro atoms. The van der Waals surface area contributed by atoms with Crippen LogP contribution in [0.3, 0.4) is 0 Å². The van der Waals surface area contributed by atoms with Crippen LogP contribution in [0.4, 0.5) is 14.6 Å². The summed E-state index contributed by atoms with van der Waals surface area (Å²) < 4.78 is 31.4. The molecule has 0 saturated carbocycles. The fourth-order valence-corrected chi connectivity index (χ4v) is 5.07. The van der Waals surface area contributed by atoms with Crippen LogP contribution in [0, 0.1) is 5.82 Å². The van der Waals surface area contributed by atoms with E-state index >= 15 is 4.39 Å². The molecule has 0 radical (unpaired) electrons. The second-order valence-electron chi connectivity index (χ2n) is 9.23. The Labute approximate surface area is 196 Å². The number of rotatable bonds is 4. The molecule has 3 aromatic rings. The number of aromatic hydroxyl groups is 1. The van der Waals surface area contributed by atoms with E-state index in [1.165, 1.54) is 35.2 Å². The minimum absolute atomic E-state index is 0.119. The molecule has 2 aliphatic rings. The lowest BCUT2D eigenvalue weighted by Crippen LogP contribution is -2.61. The van der Waals surface area contributed by atoms with E-state index in [0.29, 0.717) is 29.5 Å². The first-order valence-electron chi connectivity index (χ1n) is 11.5. The Kier molecular flexibility index (Phi) is 5.81. The van der Waals surface area contributed by atoms with Gasteiger partial charge in [0.1, 0.15) is 23.6 Å². The monoisotopic (exact) mass is 467 g/mol. The van der Waals surface area contributed by atoms with Gasteiger partial charge in [0.2, 0.25) is 0 Å². The van der Waals surface area contributed by atoms with Gasteiger partial charge in [0.25, 0.3) is 5.56 Å². The maximum atomic E-state index is 15.1. The molecule has 2 aromatic heterocycles. The minimum atomic E-state index is -0.997. The van der Waals surface area contributed by atoms with Gasteiger partial charge in [-0.1, -0.05) is 6.42 Å². The number of nitrogens with zero attached hydrogens (tertiary/aromatic N) is 4. The molecule has 9 heteroatoms. The van der Waals surface area contributed by atoms with Crippen molar-refractivity contribution < 1.29 is 13.9 Å². The highest BCUT2D eigenvalue weighted by Gasteiger charge is 2.41. The fourth-order valence-electron chi connectivity index (χ4n) is 5.07. The highest BCUT2D eigenvalue weighted by atomic mass is 19.1. The van der Waals surface area contributed by atoms with Gasteiger partial charge >= 0.3 is 0 Å². The van der Waals surface area contributed by atoms with Crippen LogP contribution >= 0.6 is 0 Å². The van der Waals surface area contributed by atoms with Crippen LogP contribution < -0.4 is 15.8 Å². The van der Waals surface area contributed by atoms with Gasteiger partial charge < -0.3 is 19.9 Å². The van der Waals surface area contributed by atoms with Crippen molar-refractivity contribution in [2.45, 2.75) is 50.0 Å². The number of anilines is 1. The second kappa shape index (κ2) is 8.79. The quantitative estimate of drug-likeness (QED) is 0.612. The van der Waals surface area contributed by atoms with Crippen molar-refractivity contribution in [3.8, 4) is 28.1 Å². The van der Waals surface area contributed by atoms with Crippen LogP contribution in [0.2, 0.25) is 0 Å². The first-order chi connectivity index (χ1) is 16.3. The summed E-state index contributed by atoms with van der Waals surface area (Å²) in [6, 6.07) is 5.28. The van der Waals surface area contributed by atoms with Gasteiger partial charge in [-0.3, -0.25) is 9.78 Å². The number of halogens is 2. The average molecular weight is 468 g/mol. The van der Waals surface area contributed by atoms with Crippen molar-refractivity contribution in [3.63, 3.8) is 0 Å². The number of alkyl halides is 1. The Bertz CT molecular complexity index is 1260. The standard InChI is InChI=1S/C25H27F2N5O2/c1-31-7-6-14(8-24(31)34)16-11-22(33)17(10-18(16)26)20-12-29-23(13-28-20)32(2)21-9-15-4-3-5-19(30-15)25(21)27/h6-8,10-13,15,19,21,25,30,33H,3-5,9H2,1-2H3/t15-,19+,21-,25+/m0/s1. The van der Waals surface area contributed by atoms with E-state index < -0.39 is 12.0 Å². The molecule has 2 aliphatic heterocycles. The summed E-state index contributed by atoms with van der Waals surface area (Å²) in [7, 11) is 3.42. The Morgan fingerprint density at radius 2 is 2.00 bits per heavy atom. The lowest BCUT2D eigenvalue weighted by atomic mass is 9.82. The Hall–Kier alpha value is -3.33. The minimum Gasteiger partial charge on any atom is -0.507 e. The number of aryl methyl sites for hydroxylation is 1. The number of phenolic OH excluding ortho intramolecular Hbond substituents is 1. The van der Waals surface area contributed by atoms with E-state index in [1.807, 2.05) is 11.9 Å². The predicted octanol–water partition coefficient (Wildman–Crippen LogP) is 3.41. The summed E-state index contributed by atoms with van der Waals surface area (Å²) in [5.41, 5.74) is 0.695. The fraction of sp³-hybridized carbons (Fsp3) is 0.400. The van der Waals surface area contributed by atoms with E-state index in [9.17, 15) is 14.3 Å². The molecular weight excluding hydrogens is 440 g/mol. The first-order valence-corrected chi connectivity index (χ1v) is 11.5. The zero-order valence-corrected chi connectivity index (χ0v) is 19.1. The zero-order valence-electron chi connectivity index (χ0n) is 19.1. The summed E-state index contributed by atoms with van der Waals surface area (Å²) in [4.78, 5) is 22.5. The molecule has 2 fully saturated rings. The molecule has 7 nitrogen and oxygen atoms in total. The molecule has 4 atom stereocenters. The van der Waals surface area contributed by atoms with E-state index in [4.69, 9.17) is 0 Å². The van der Waals surface area contributed by atoms with Crippen molar-refractivity contribution in [3.05, 3.63) is 59.0 Å². The van der Waals surface area contributed by atoms with Gasteiger partial charge in [-0.25, -0.2) is 13.8 Å². The van der Waals surface area contributed by atoms with Gasteiger partial charge in [-0.15, -0.1) is 0 Å². The third-order valence-electron chi connectivity index (χ3n) is 7.07. The molecule has 0 unspecified atom stereocenters. The van der Waals surface area contributed by atoms with Crippen LogP contribution in [0.15, 0.2) is 47.7 Å². The number of aromatic nitrogens is 3. The van der Waals surface area contributed by atoms with Crippen molar-refractivity contribution in [2.75, 3.05) is 11.9 Å². The maximum absolute atomic E-state index is 15.1. The summed E-state index contributed by atoms with van der Waals surface area (Å²) in [5, 5.41) is 14.0. The lowest BCUT2D eigenvalue weighted by Gasteiger charge is -2.46. The third kappa shape index (κ3) is 4.04. The molecule has 2 bridgehead atoms. The van der Waals surface area contributed by atoms with Crippen molar-refractivity contribution in [1.82, 2.24) is 19.9 Å². The van der Waals surface area contributed by atoms with E-state index in [-0.39, 0.29) is 34.5 Å². The molecule has 2 saturated heterocycles. The van der Waals surface area contributed by atoms with Crippen LogP contribution in [-0.2, 0) is 7.05 Å². The molecule has 0 amide bonds. The van der Waals surface area contributed by atoms with E-state index in [1.54, 1.807) is 19.3 Å². The first kappa shape index (κ1) is 22.5. The van der Waals surface area contributed by atoms with Crippen LogP contribution in [0.5, 0.6) is 5.75 Å². The van der Waals surface area contributed by atoms with Gasteiger partial charge in [0, 0.05) is 49.6 Å². The normalized spacial score (nSPS) is 24.1. The number of piperidine rings is 2. The number of nitrogens with one attached hydrogen (secondary N) is 1. The highest BCUT2D eigenvalue weighted by molar-refractivity contribution is 5.74. The molecule has 178 valence electrons. The summed E-state index contributed by atoms with van der Waals surface area (Å²) in [5.74, 6) is -0.249. The topological polar surface area (TPSA) is 83.3 Å². The Morgan fingerprint density at radius 1 is 1.18 bits per heavy atom. The number of fused-ring (bicyclic) bond motifs is 2. The van der Waals surface area contributed by atoms with Crippen molar-refractivity contribution in [2.24, 2.45) is 7.05 Å². The average Bonchev–Trinajstić information content (AvgIpc) is 2.84. The molecule has 2 N–H and O–H groups in total. The van der Waals surface area contributed by atoms with E-state index in [2.05, 4.69) is 15.3 Å². The number of hydrogen-bond donors (Lipinski definition) is 2. The summed E-state index contributed by atoms with van der Waals surface area (Å²) >= 11 is 0. The van der Waals surface area contributed by atoms with Crippen LogP contribution in [0.1, 0.15) is 25.7 Å². The number of benzene rings is 1. The van der Waals surface area contributed by atoms with Gasteiger partial charge in [-0.05, 0) is 43.0 Å². The summed E-state index contributed by atoms with van der Waals surface area (Å²) in [6.07, 6.45) is 7.16. The van der Waals surface area contributed by atoms with Gasteiger partial charge in [0.15, 0.2) is 0 Å². The van der Waals surface area contributed by atoms with E-state index in [0.717, 1.165) is 19.3 Å². The predicted molar refractivity (Wildman–Crippen MR) is 126 cm³/mol. The lowest BCUT2D eigenvalue weighted by molar-refractivity contribution is 0.107. The molecule has 5 rings (SSSR count). The smallest absolute Gasteiger partial charge is 0.250 e. The third-order valence-corrected chi connectivity index (χ3v) is 7.07. The largest absolute Gasteiger partial charge is 0.507 e. The molecule has 1 aromatic carbocycles. The molecule has 0 aliphatic carbocycles. The second-order valence-corrected chi connectivity index (χ2v) is 9.23. The van der Waals surface area contributed by atoms with Gasteiger partial charge in [-0.2, -0.15) is 0 Å². The zero-order chi connectivity index (χ0) is 24.0. The highest BCUT2D eigenvalue weighted by Crippen LogP contribution is 2.35. The Morgan fingerprint density at radius 3 is 2.74 bits per heavy atom. The Balaban J connectivity index is 1.39. The number of hydrogen-bond acceptors (Lipinski definition) is 6. The number of phenols is 1.